The molecule has 1 rings (SSSR count). The molecule has 1 nitrogen and oxygen atoms in total. The normalized spacial score (nSPS) is 15.4. The largest absolute Gasteiger partial charge is 0.324 e. The number of hydrogen-bond donors (Lipinski definition) is 1. The van der Waals surface area contributed by atoms with Gasteiger partial charge in [0.2, 0.25) is 0 Å². The number of nitrogens with two attached hydrogens (primary N) is 1. The minimum Gasteiger partial charge on any atom is -0.324 e. The van der Waals surface area contributed by atoms with E-state index in [1.807, 2.05) is 0 Å². The fourth-order valence-corrected chi connectivity index (χ4v) is 1.27. The molecule has 0 bridgehead atoms. The first-order chi connectivity index (χ1) is 6.15. The third-order valence-corrected chi connectivity index (χ3v) is 2.51. The summed E-state index contributed by atoms with van der Waals surface area (Å²) >= 11 is 0. The first-order valence-electron chi connectivity index (χ1n) is 4.66. The molecule has 0 aliphatic carbocycles. The van der Waals surface area contributed by atoms with Crippen LogP contribution in [0.2, 0.25) is 0 Å². The van der Waals surface area contributed by atoms with Crippen molar-refractivity contribution in [2.75, 3.05) is 0 Å². The van der Waals surface area contributed by atoms with Crippen LogP contribution >= 0.6 is 0 Å². The molecule has 0 heterocycles. The summed E-state index contributed by atoms with van der Waals surface area (Å²) in [4.78, 5) is 0. The fourth-order valence-electron chi connectivity index (χ4n) is 1.27. The van der Waals surface area contributed by atoms with Gasteiger partial charge in [-0.05, 0) is 23.6 Å². The first-order valence-corrected chi connectivity index (χ1v) is 4.66. The summed E-state index contributed by atoms with van der Waals surface area (Å²) in [5.74, 6) is 0.227. The predicted octanol–water partition coefficient (Wildman–Crippen LogP) is 2.87. The van der Waals surface area contributed by atoms with Crippen molar-refractivity contribution < 1.29 is 4.39 Å². The van der Waals surface area contributed by atoms with Gasteiger partial charge in [0.05, 0.1) is 0 Å². The average molecular weight is 181 g/mol. The van der Waals surface area contributed by atoms with Crippen molar-refractivity contribution in [1.82, 2.24) is 0 Å². The molecule has 0 aromatic heterocycles. The molecule has 13 heavy (non-hydrogen) atoms. The van der Waals surface area contributed by atoms with Crippen LogP contribution in [0.4, 0.5) is 4.39 Å². The Balaban J connectivity index is 2.77. The minimum absolute atomic E-state index is 0.0191. The van der Waals surface area contributed by atoms with Crippen molar-refractivity contribution in [2.24, 2.45) is 11.7 Å². The van der Waals surface area contributed by atoms with Crippen molar-refractivity contribution in [2.45, 2.75) is 26.3 Å². The monoisotopic (exact) mass is 181 g/mol. The molecule has 1 aromatic carbocycles. The van der Waals surface area contributed by atoms with E-state index in [0.717, 1.165) is 12.0 Å². The third-order valence-electron chi connectivity index (χ3n) is 2.51. The Kier molecular flexibility index (Phi) is 3.43. The van der Waals surface area contributed by atoms with E-state index in [0.29, 0.717) is 5.92 Å². The zero-order chi connectivity index (χ0) is 9.84. The lowest BCUT2D eigenvalue weighted by atomic mass is 9.93. The Bertz CT molecular complexity index is 255. The van der Waals surface area contributed by atoms with Gasteiger partial charge in [-0.3, -0.25) is 0 Å². The van der Waals surface area contributed by atoms with Gasteiger partial charge in [0, 0.05) is 6.04 Å². The molecule has 0 saturated heterocycles. The molecule has 0 aliphatic rings. The van der Waals surface area contributed by atoms with E-state index < -0.39 is 0 Å². The van der Waals surface area contributed by atoms with E-state index in [9.17, 15) is 4.39 Å². The van der Waals surface area contributed by atoms with Gasteiger partial charge in [-0.2, -0.15) is 0 Å². The quantitative estimate of drug-likeness (QED) is 0.762. The molecule has 0 fully saturated rings. The van der Waals surface area contributed by atoms with Crippen LogP contribution in [-0.2, 0) is 0 Å². The van der Waals surface area contributed by atoms with Crippen LogP contribution in [0.5, 0.6) is 0 Å². The highest BCUT2D eigenvalue weighted by atomic mass is 19.1. The van der Waals surface area contributed by atoms with Gasteiger partial charge < -0.3 is 5.73 Å². The second-order valence-electron chi connectivity index (χ2n) is 3.46. The summed E-state index contributed by atoms with van der Waals surface area (Å²) in [7, 11) is 0. The maximum absolute atomic E-state index is 12.6. The lowest BCUT2D eigenvalue weighted by molar-refractivity contribution is 0.456. The second kappa shape index (κ2) is 4.38. The Labute approximate surface area is 78.8 Å². The number of halogens is 1. The van der Waals surface area contributed by atoms with E-state index in [-0.39, 0.29) is 11.9 Å². The molecule has 0 amide bonds. The molecule has 2 N–H and O–H groups in total. The standard InChI is InChI=1S/C11H16FN/c1-3-8(2)11(13)9-4-6-10(12)7-5-9/h4-8,11H,3,13H2,1-2H3. The van der Waals surface area contributed by atoms with Gasteiger partial charge in [0.25, 0.3) is 0 Å². The van der Waals surface area contributed by atoms with Gasteiger partial charge in [-0.25, -0.2) is 4.39 Å². The van der Waals surface area contributed by atoms with Gasteiger partial charge >= 0.3 is 0 Å². The first kappa shape index (κ1) is 10.2. The highest BCUT2D eigenvalue weighted by Crippen LogP contribution is 2.21. The van der Waals surface area contributed by atoms with Crippen LogP contribution in [0.25, 0.3) is 0 Å². The van der Waals surface area contributed by atoms with Crippen LogP contribution in [0.3, 0.4) is 0 Å². The maximum Gasteiger partial charge on any atom is 0.123 e. The molecular weight excluding hydrogens is 165 g/mol. The summed E-state index contributed by atoms with van der Waals surface area (Å²) in [5, 5.41) is 0. The minimum atomic E-state index is -0.208. The van der Waals surface area contributed by atoms with E-state index in [1.54, 1.807) is 12.1 Å². The van der Waals surface area contributed by atoms with Crippen LogP contribution in [0.15, 0.2) is 24.3 Å². The predicted molar refractivity (Wildman–Crippen MR) is 52.8 cm³/mol. The van der Waals surface area contributed by atoms with Gasteiger partial charge in [0.1, 0.15) is 5.82 Å². The van der Waals surface area contributed by atoms with Crippen molar-refractivity contribution in [3.8, 4) is 0 Å². The highest BCUT2D eigenvalue weighted by Gasteiger charge is 2.12. The number of hydrogen-bond acceptors (Lipinski definition) is 1. The Morgan fingerprint density at radius 2 is 1.85 bits per heavy atom. The summed E-state index contributed by atoms with van der Waals surface area (Å²) in [6, 6.07) is 6.44. The van der Waals surface area contributed by atoms with E-state index in [1.165, 1.54) is 12.1 Å². The Hall–Kier alpha value is -0.890. The SMILES string of the molecule is CCC(C)C(N)c1ccc(F)cc1. The Morgan fingerprint density at radius 3 is 2.31 bits per heavy atom. The molecule has 0 saturated carbocycles. The zero-order valence-corrected chi connectivity index (χ0v) is 8.13. The average Bonchev–Trinajstić information content (AvgIpc) is 2.17. The van der Waals surface area contributed by atoms with Gasteiger partial charge in [0.15, 0.2) is 0 Å². The molecule has 2 unspecified atom stereocenters. The van der Waals surface area contributed by atoms with Gasteiger partial charge in [-0.15, -0.1) is 0 Å². The van der Waals surface area contributed by atoms with Crippen molar-refractivity contribution in [3.63, 3.8) is 0 Å². The maximum atomic E-state index is 12.6. The number of benzene rings is 1. The smallest absolute Gasteiger partial charge is 0.123 e. The van der Waals surface area contributed by atoms with Crippen LogP contribution < -0.4 is 5.73 Å². The van der Waals surface area contributed by atoms with Crippen LogP contribution in [-0.4, -0.2) is 0 Å². The molecule has 72 valence electrons. The topological polar surface area (TPSA) is 26.0 Å². The lowest BCUT2D eigenvalue weighted by Crippen LogP contribution is -2.18. The van der Waals surface area contributed by atoms with Crippen LogP contribution in [0, 0.1) is 11.7 Å². The second-order valence-corrected chi connectivity index (χ2v) is 3.46. The summed E-state index contributed by atoms with van der Waals surface area (Å²) in [6.45, 7) is 4.21. The summed E-state index contributed by atoms with van der Waals surface area (Å²) < 4.78 is 12.6. The molecule has 2 heteroatoms. The lowest BCUT2D eigenvalue weighted by Gasteiger charge is -2.18. The van der Waals surface area contributed by atoms with Crippen LogP contribution in [0.1, 0.15) is 31.9 Å². The Morgan fingerprint density at radius 1 is 1.31 bits per heavy atom. The third kappa shape index (κ3) is 2.52. The molecule has 2 atom stereocenters. The summed E-state index contributed by atoms with van der Waals surface area (Å²) in [5.41, 5.74) is 6.99. The molecule has 0 radical (unpaired) electrons. The molecule has 0 aliphatic heterocycles. The van der Waals surface area contributed by atoms with Crippen molar-refractivity contribution in [3.05, 3.63) is 35.6 Å². The summed E-state index contributed by atoms with van der Waals surface area (Å²) in [6.07, 6.45) is 1.04. The van der Waals surface area contributed by atoms with E-state index in [2.05, 4.69) is 13.8 Å². The van der Waals surface area contributed by atoms with E-state index >= 15 is 0 Å². The molecular formula is C11H16FN. The van der Waals surface area contributed by atoms with Crippen molar-refractivity contribution in [1.29, 1.82) is 0 Å². The highest BCUT2D eigenvalue weighted by molar-refractivity contribution is 5.19. The molecule has 0 spiro atoms. The number of rotatable bonds is 3. The fraction of sp³-hybridized carbons (Fsp3) is 0.455. The van der Waals surface area contributed by atoms with Gasteiger partial charge in [-0.1, -0.05) is 32.4 Å². The van der Waals surface area contributed by atoms with E-state index in [4.69, 9.17) is 5.73 Å². The zero-order valence-electron chi connectivity index (χ0n) is 8.13. The van der Waals surface area contributed by atoms with Crippen molar-refractivity contribution >= 4 is 0 Å². The molecule has 1 aromatic rings.